The number of nitrogens with one attached hydrogen (secondary N) is 1. The molecule has 2 aliphatic heterocycles. The zero-order valence-corrected chi connectivity index (χ0v) is 12.0. The van der Waals surface area contributed by atoms with E-state index in [4.69, 9.17) is 4.74 Å². The van der Waals surface area contributed by atoms with E-state index in [0.717, 1.165) is 44.6 Å². The van der Waals surface area contributed by atoms with E-state index in [9.17, 15) is 4.79 Å². The highest BCUT2D eigenvalue weighted by Crippen LogP contribution is 2.26. The molecule has 2 aliphatic rings. The largest absolute Gasteiger partial charge is 0.497 e. The van der Waals surface area contributed by atoms with Crippen molar-refractivity contribution in [3.63, 3.8) is 0 Å². The molecule has 2 heterocycles. The van der Waals surface area contributed by atoms with Crippen molar-refractivity contribution in [2.24, 2.45) is 5.92 Å². The molecule has 0 aromatic heterocycles. The molecule has 1 aromatic carbocycles. The third kappa shape index (κ3) is 2.66. The van der Waals surface area contributed by atoms with Gasteiger partial charge in [-0.05, 0) is 43.5 Å². The Bertz CT molecular complexity index is 472. The van der Waals surface area contributed by atoms with Gasteiger partial charge in [0.15, 0.2) is 0 Å². The predicted molar refractivity (Wildman–Crippen MR) is 77.8 cm³/mol. The first-order valence-corrected chi connectivity index (χ1v) is 7.43. The molecule has 2 fully saturated rings. The molecule has 0 aliphatic carbocycles. The first-order valence-electron chi connectivity index (χ1n) is 7.43. The lowest BCUT2D eigenvalue weighted by atomic mass is 9.94. The Kier molecular flexibility index (Phi) is 3.92. The maximum atomic E-state index is 12.3. The Morgan fingerprint density at radius 3 is 2.85 bits per heavy atom. The van der Waals surface area contributed by atoms with Crippen LogP contribution in [0.5, 0.6) is 5.75 Å². The second-order valence-electron chi connectivity index (χ2n) is 5.69. The van der Waals surface area contributed by atoms with Crippen LogP contribution in [-0.4, -0.2) is 43.6 Å². The Labute approximate surface area is 120 Å². The summed E-state index contributed by atoms with van der Waals surface area (Å²) in [5, 5.41) is 3.48. The maximum Gasteiger partial charge on any atom is 0.227 e. The van der Waals surface area contributed by atoms with Gasteiger partial charge in [0, 0.05) is 19.1 Å². The van der Waals surface area contributed by atoms with Gasteiger partial charge in [0.05, 0.1) is 13.0 Å². The summed E-state index contributed by atoms with van der Waals surface area (Å²) in [6.45, 7) is 2.75. The average molecular weight is 274 g/mol. The Hall–Kier alpha value is -1.55. The molecule has 1 amide bonds. The lowest BCUT2D eigenvalue weighted by molar-refractivity contribution is -0.131. The van der Waals surface area contributed by atoms with Crippen LogP contribution >= 0.6 is 0 Å². The number of hydrogen-bond donors (Lipinski definition) is 1. The van der Waals surface area contributed by atoms with Crippen LogP contribution < -0.4 is 10.1 Å². The molecule has 2 unspecified atom stereocenters. The SMILES string of the molecule is COc1ccc(CCN2CC3NCCCC3C2=O)cc1. The molecular formula is C16H22N2O2. The number of piperidine rings is 1. The minimum Gasteiger partial charge on any atom is -0.497 e. The maximum absolute atomic E-state index is 12.3. The quantitative estimate of drug-likeness (QED) is 0.903. The van der Waals surface area contributed by atoms with Crippen LogP contribution in [-0.2, 0) is 11.2 Å². The summed E-state index contributed by atoms with van der Waals surface area (Å²) in [4.78, 5) is 14.4. The summed E-state index contributed by atoms with van der Waals surface area (Å²) in [5.74, 6) is 1.44. The van der Waals surface area contributed by atoms with Gasteiger partial charge in [-0.25, -0.2) is 0 Å². The van der Waals surface area contributed by atoms with Crippen molar-refractivity contribution in [1.29, 1.82) is 0 Å². The number of rotatable bonds is 4. The van der Waals surface area contributed by atoms with Crippen molar-refractivity contribution < 1.29 is 9.53 Å². The first kappa shape index (κ1) is 13.4. The van der Waals surface area contributed by atoms with Crippen LogP contribution in [0.2, 0.25) is 0 Å². The van der Waals surface area contributed by atoms with E-state index < -0.39 is 0 Å². The first-order chi connectivity index (χ1) is 9.78. The van der Waals surface area contributed by atoms with Gasteiger partial charge in [-0.2, -0.15) is 0 Å². The molecule has 0 saturated carbocycles. The van der Waals surface area contributed by atoms with E-state index in [1.165, 1.54) is 5.56 Å². The fourth-order valence-corrected chi connectivity index (χ4v) is 3.26. The monoisotopic (exact) mass is 274 g/mol. The third-order valence-corrected chi connectivity index (χ3v) is 4.46. The molecule has 3 rings (SSSR count). The van der Waals surface area contributed by atoms with Gasteiger partial charge >= 0.3 is 0 Å². The van der Waals surface area contributed by atoms with Crippen molar-refractivity contribution >= 4 is 5.91 Å². The van der Waals surface area contributed by atoms with Gasteiger partial charge in [0.25, 0.3) is 0 Å². The highest BCUT2D eigenvalue weighted by Gasteiger charge is 2.40. The van der Waals surface area contributed by atoms with Gasteiger partial charge in [-0.15, -0.1) is 0 Å². The number of methoxy groups -OCH3 is 1. The number of fused-ring (bicyclic) bond motifs is 1. The summed E-state index contributed by atoms with van der Waals surface area (Å²) in [6, 6.07) is 8.48. The number of hydrogen-bond acceptors (Lipinski definition) is 3. The van der Waals surface area contributed by atoms with Gasteiger partial charge in [-0.3, -0.25) is 4.79 Å². The number of likely N-dealkylation sites (tertiary alicyclic amines) is 1. The number of amides is 1. The third-order valence-electron chi connectivity index (χ3n) is 4.46. The second-order valence-corrected chi connectivity index (χ2v) is 5.69. The number of carbonyl (C=O) groups is 1. The summed E-state index contributed by atoms with van der Waals surface area (Å²) < 4.78 is 5.16. The predicted octanol–water partition coefficient (Wildman–Crippen LogP) is 1.45. The minimum atomic E-state index is 0.222. The fraction of sp³-hybridized carbons (Fsp3) is 0.562. The zero-order valence-electron chi connectivity index (χ0n) is 12.0. The van der Waals surface area contributed by atoms with E-state index in [1.54, 1.807) is 7.11 Å². The lowest BCUT2D eigenvalue weighted by Crippen LogP contribution is -2.41. The molecule has 1 aromatic rings. The Morgan fingerprint density at radius 2 is 2.15 bits per heavy atom. The molecule has 1 N–H and O–H groups in total. The van der Waals surface area contributed by atoms with E-state index in [2.05, 4.69) is 17.4 Å². The van der Waals surface area contributed by atoms with Crippen LogP contribution in [0, 0.1) is 5.92 Å². The molecule has 4 nitrogen and oxygen atoms in total. The molecule has 2 atom stereocenters. The number of nitrogens with zero attached hydrogens (tertiary/aromatic N) is 1. The zero-order chi connectivity index (χ0) is 13.9. The van der Waals surface area contributed by atoms with E-state index >= 15 is 0 Å². The van der Waals surface area contributed by atoms with Gasteiger partial charge in [-0.1, -0.05) is 12.1 Å². The summed E-state index contributed by atoms with van der Waals surface area (Å²) >= 11 is 0. The second kappa shape index (κ2) is 5.83. The topological polar surface area (TPSA) is 41.6 Å². The fourth-order valence-electron chi connectivity index (χ4n) is 3.26. The molecule has 2 saturated heterocycles. The highest BCUT2D eigenvalue weighted by atomic mass is 16.5. The van der Waals surface area contributed by atoms with Crippen molar-refractivity contribution in [1.82, 2.24) is 10.2 Å². The molecular weight excluding hydrogens is 252 g/mol. The van der Waals surface area contributed by atoms with Crippen molar-refractivity contribution in [2.45, 2.75) is 25.3 Å². The van der Waals surface area contributed by atoms with E-state index in [0.29, 0.717) is 11.9 Å². The molecule has 0 bridgehead atoms. The van der Waals surface area contributed by atoms with Crippen molar-refractivity contribution in [2.75, 3.05) is 26.7 Å². The Balaban J connectivity index is 1.56. The van der Waals surface area contributed by atoms with Gasteiger partial charge in [0.1, 0.15) is 5.75 Å². The van der Waals surface area contributed by atoms with Gasteiger partial charge in [0.2, 0.25) is 5.91 Å². The number of carbonyl (C=O) groups excluding carboxylic acids is 1. The standard InChI is InChI=1S/C16H22N2O2/c1-20-13-6-4-12(5-7-13)8-10-18-11-15-14(16(18)19)3-2-9-17-15/h4-7,14-15,17H,2-3,8-11H2,1H3. The Morgan fingerprint density at radius 1 is 1.35 bits per heavy atom. The van der Waals surface area contributed by atoms with E-state index in [1.807, 2.05) is 17.0 Å². The van der Waals surface area contributed by atoms with Gasteiger partial charge < -0.3 is 15.0 Å². The van der Waals surface area contributed by atoms with Crippen LogP contribution in [0.1, 0.15) is 18.4 Å². The molecule has 20 heavy (non-hydrogen) atoms. The van der Waals surface area contributed by atoms with Crippen LogP contribution in [0.25, 0.3) is 0 Å². The summed E-state index contributed by atoms with van der Waals surface area (Å²) in [7, 11) is 1.67. The normalized spacial score (nSPS) is 25.6. The molecule has 4 heteroatoms. The summed E-state index contributed by atoms with van der Waals surface area (Å²) in [6.07, 6.45) is 3.09. The van der Waals surface area contributed by atoms with Crippen LogP contribution in [0.4, 0.5) is 0 Å². The summed E-state index contributed by atoms with van der Waals surface area (Å²) in [5.41, 5.74) is 1.25. The lowest BCUT2D eigenvalue weighted by Gasteiger charge is -2.23. The molecule has 0 spiro atoms. The van der Waals surface area contributed by atoms with Crippen LogP contribution in [0.3, 0.4) is 0 Å². The highest BCUT2D eigenvalue weighted by molar-refractivity contribution is 5.82. The minimum absolute atomic E-state index is 0.222. The number of benzene rings is 1. The van der Waals surface area contributed by atoms with Crippen molar-refractivity contribution in [3.05, 3.63) is 29.8 Å². The average Bonchev–Trinajstić information content (AvgIpc) is 2.83. The number of ether oxygens (including phenoxy) is 1. The molecule has 0 radical (unpaired) electrons. The molecule has 108 valence electrons. The van der Waals surface area contributed by atoms with Crippen LogP contribution in [0.15, 0.2) is 24.3 Å². The smallest absolute Gasteiger partial charge is 0.227 e. The van der Waals surface area contributed by atoms with Crippen molar-refractivity contribution in [3.8, 4) is 5.75 Å². The van der Waals surface area contributed by atoms with E-state index in [-0.39, 0.29) is 5.92 Å².